The van der Waals surface area contributed by atoms with Gasteiger partial charge in [0.2, 0.25) is 0 Å². The number of benzene rings is 1. The van der Waals surface area contributed by atoms with E-state index in [2.05, 4.69) is 0 Å². The van der Waals surface area contributed by atoms with Crippen molar-refractivity contribution in [2.75, 3.05) is 0 Å². The topological polar surface area (TPSA) is 83.6 Å². The first-order chi connectivity index (χ1) is 8.11. The maximum atomic E-state index is 11.8. The third kappa shape index (κ3) is 6.16. The van der Waals surface area contributed by atoms with Gasteiger partial charge in [-0.25, -0.2) is 0 Å². The molecule has 0 aromatic heterocycles. The van der Waals surface area contributed by atoms with Crippen LogP contribution >= 0.6 is 12.4 Å². The van der Waals surface area contributed by atoms with Crippen LogP contribution in [0.1, 0.15) is 29.6 Å². The van der Waals surface area contributed by atoms with Crippen LogP contribution in [0.5, 0.6) is 0 Å². The van der Waals surface area contributed by atoms with Crippen molar-refractivity contribution in [1.82, 2.24) is 0 Å². The third-order valence-electron chi connectivity index (χ3n) is 2.62. The summed E-state index contributed by atoms with van der Waals surface area (Å²) in [4.78, 5) is 11.8. The number of rotatable bonds is 7. The molecule has 6 heteroatoms. The highest BCUT2D eigenvalue weighted by atomic mass is 35.5. The summed E-state index contributed by atoms with van der Waals surface area (Å²) in [5.74, 6) is -0.0600. The summed E-state index contributed by atoms with van der Waals surface area (Å²) in [7, 11) is -1.27. The Balaban J connectivity index is 0.00000289. The van der Waals surface area contributed by atoms with Gasteiger partial charge in [-0.1, -0.05) is 43.2 Å². The molecule has 0 aliphatic rings. The number of hydrogen-bond donors (Lipinski definition) is 3. The molecule has 4 N–H and O–H groups in total. The molecule has 0 spiro atoms. The van der Waals surface area contributed by atoms with E-state index in [0.717, 1.165) is 6.42 Å². The Bertz CT molecular complexity index is 348. The van der Waals surface area contributed by atoms with E-state index in [4.69, 9.17) is 15.8 Å². The summed E-state index contributed by atoms with van der Waals surface area (Å²) in [6.45, 7) is 0. The first-order valence-electron chi connectivity index (χ1n) is 5.82. The molecule has 0 saturated heterocycles. The largest absolute Gasteiger partial charge is 0.451 e. The molecule has 1 aromatic carbocycles. The Hall–Kier alpha value is -0.875. The van der Waals surface area contributed by atoms with Gasteiger partial charge in [0.1, 0.15) is 0 Å². The van der Waals surface area contributed by atoms with Crippen LogP contribution in [0, 0.1) is 0 Å². The number of carbonyl (C=O) groups excluding carboxylic acids is 1. The molecule has 18 heavy (non-hydrogen) atoms. The second-order valence-electron chi connectivity index (χ2n) is 4.10. The zero-order chi connectivity index (χ0) is 12.7. The van der Waals surface area contributed by atoms with E-state index in [1.54, 1.807) is 12.1 Å². The molecule has 100 valence electrons. The number of Topliss-reactive ketones (excluding diaryl/α,β-unsaturated/α-hetero) is 1. The van der Waals surface area contributed by atoms with E-state index < -0.39 is 13.2 Å². The monoisotopic (exact) mass is 271 g/mol. The molecular weight excluding hydrogens is 252 g/mol. The SMILES string of the molecule is Cl.NC(CCCCB(O)O)C(=O)c1ccccc1. The van der Waals surface area contributed by atoms with Gasteiger partial charge in [-0.05, 0) is 12.7 Å². The van der Waals surface area contributed by atoms with Crippen LogP contribution < -0.4 is 5.73 Å². The minimum atomic E-state index is -1.27. The van der Waals surface area contributed by atoms with Crippen LogP contribution in [-0.2, 0) is 0 Å². The highest BCUT2D eigenvalue weighted by molar-refractivity contribution is 6.40. The maximum absolute atomic E-state index is 11.8. The second kappa shape index (κ2) is 9.11. The fraction of sp³-hybridized carbons (Fsp3) is 0.417. The molecule has 0 aliphatic heterocycles. The van der Waals surface area contributed by atoms with E-state index in [1.807, 2.05) is 18.2 Å². The molecule has 1 unspecified atom stereocenters. The van der Waals surface area contributed by atoms with E-state index in [9.17, 15) is 4.79 Å². The average Bonchev–Trinajstić information content (AvgIpc) is 2.34. The van der Waals surface area contributed by atoms with Gasteiger partial charge in [0, 0.05) is 5.56 Å². The van der Waals surface area contributed by atoms with Gasteiger partial charge in [-0.2, -0.15) is 0 Å². The lowest BCUT2D eigenvalue weighted by molar-refractivity contribution is 0.0956. The summed E-state index contributed by atoms with van der Waals surface area (Å²) in [5, 5.41) is 17.3. The van der Waals surface area contributed by atoms with Gasteiger partial charge in [0.25, 0.3) is 0 Å². The van der Waals surface area contributed by atoms with Crippen molar-refractivity contribution in [3.63, 3.8) is 0 Å². The van der Waals surface area contributed by atoms with Crippen molar-refractivity contribution in [3.8, 4) is 0 Å². The molecule has 4 nitrogen and oxygen atoms in total. The van der Waals surface area contributed by atoms with Crippen molar-refractivity contribution < 1.29 is 14.8 Å². The molecule has 1 aromatic rings. The average molecular weight is 272 g/mol. The van der Waals surface area contributed by atoms with Crippen LogP contribution in [0.25, 0.3) is 0 Å². The minimum Gasteiger partial charge on any atom is -0.427 e. The Morgan fingerprint density at radius 3 is 2.39 bits per heavy atom. The summed E-state index contributed by atoms with van der Waals surface area (Å²) in [5.41, 5.74) is 6.42. The zero-order valence-corrected chi connectivity index (χ0v) is 11.0. The molecule has 0 aliphatic carbocycles. The number of nitrogens with two attached hydrogens (primary N) is 1. The van der Waals surface area contributed by atoms with E-state index in [0.29, 0.717) is 24.7 Å². The molecule has 0 fully saturated rings. The van der Waals surface area contributed by atoms with Gasteiger partial charge >= 0.3 is 7.12 Å². The predicted octanol–water partition coefficient (Wildman–Crippen LogP) is 1.26. The van der Waals surface area contributed by atoms with Crippen LogP contribution in [-0.4, -0.2) is 29.0 Å². The summed E-state index contributed by atoms with van der Waals surface area (Å²) >= 11 is 0. The Morgan fingerprint density at radius 1 is 1.22 bits per heavy atom. The molecule has 0 saturated carbocycles. The number of halogens is 1. The maximum Gasteiger partial charge on any atom is 0.451 e. The Labute approximate surface area is 114 Å². The lowest BCUT2D eigenvalue weighted by Gasteiger charge is -2.10. The highest BCUT2D eigenvalue weighted by Crippen LogP contribution is 2.09. The van der Waals surface area contributed by atoms with Crippen molar-refractivity contribution in [1.29, 1.82) is 0 Å². The lowest BCUT2D eigenvalue weighted by atomic mass is 9.83. The first-order valence-corrected chi connectivity index (χ1v) is 5.82. The molecule has 0 radical (unpaired) electrons. The molecule has 0 bridgehead atoms. The fourth-order valence-corrected chi connectivity index (χ4v) is 1.64. The number of hydrogen-bond acceptors (Lipinski definition) is 4. The summed E-state index contributed by atoms with van der Waals surface area (Å²) in [6, 6.07) is 8.46. The van der Waals surface area contributed by atoms with Crippen molar-refractivity contribution in [2.45, 2.75) is 31.6 Å². The third-order valence-corrected chi connectivity index (χ3v) is 2.62. The van der Waals surface area contributed by atoms with Crippen LogP contribution in [0.2, 0.25) is 6.32 Å². The molecule has 1 rings (SSSR count). The Kier molecular flexibility index (Phi) is 8.67. The van der Waals surface area contributed by atoms with Crippen molar-refractivity contribution in [2.24, 2.45) is 5.73 Å². The standard InChI is InChI=1S/C12H18BNO3.ClH/c14-11(8-4-5-9-13(16)17)12(15)10-6-2-1-3-7-10;/h1-3,6-7,11,16-17H,4-5,8-9,14H2;1H. The van der Waals surface area contributed by atoms with E-state index in [1.165, 1.54) is 0 Å². The van der Waals surface area contributed by atoms with Gasteiger partial charge in [0.15, 0.2) is 5.78 Å². The lowest BCUT2D eigenvalue weighted by Crippen LogP contribution is -2.30. The second-order valence-corrected chi connectivity index (χ2v) is 4.10. The van der Waals surface area contributed by atoms with Gasteiger partial charge < -0.3 is 15.8 Å². The fourth-order valence-electron chi connectivity index (χ4n) is 1.64. The van der Waals surface area contributed by atoms with Crippen LogP contribution in [0.15, 0.2) is 30.3 Å². The minimum absolute atomic E-state index is 0. The highest BCUT2D eigenvalue weighted by Gasteiger charge is 2.15. The predicted molar refractivity (Wildman–Crippen MR) is 74.8 cm³/mol. The number of carbonyl (C=O) groups is 1. The van der Waals surface area contributed by atoms with Crippen LogP contribution in [0.4, 0.5) is 0 Å². The summed E-state index contributed by atoms with van der Waals surface area (Å²) < 4.78 is 0. The molecule has 0 amide bonds. The van der Waals surface area contributed by atoms with Gasteiger partial charge in [-0.3, -0.25) is 4.79 Å². The smallest absolute Gasteiger partial charge is 0.427 e. The molecular formula is C12H19BClNO3. The van der Waals surface area contributed by atoms with Gasteiger partial charge in [-0.15, -0.1) is 12.4 Å². The Morgan fingerprint density at radius 2 is 1.83 bits per heavy atom. The number of ketones is 1. The quantitative estimate of drug-likeness (QED) is 0.396. The molecule has 0 heterocycles. The normalized spacial score (nSPS) is 11.5. The summed E-state index contributed by atoms with van der Waals surface area (Å²) in [6.07, 6.45) is 2.28. The van der Waals surface area contributed by atoms with E-state index >= 15 is 0 Å². The first kappa shape index (κ1) is 17.1. The van der Waals surface area contributed by atoms with Crippen molar-refractivity contribution in [3.05, 3.63) is 35.9 Å². The molecule has 1 atom stereocenters. The van der Waals surface area contributed by atoms with Gasteiger partial charge in [0.05, 0.1) is 6.04 Å². The number of unbranched alkanes of at least 4 members (excludes halogenated alkanes) is 1. The van der Waals surface area contributed by atoms with Crippen LogP contribution in [0.3, 0.4) is 0 Å². The van der Waals surface area contributed by atoms with E-state index in [-0.39, 0.29) is 18.2 Å². The van der Waals surface area contributed by atoms with Crippen molar-refractivity contribution >= 4 is 25.3 Å². The zero-order valence-electron chi connectivity index (χ0n) is 10.2.